The Labute approximate surface area is 205 Å². The second kappa shape index (κ2) is 10.0. The Morgan fingerprint density at radius 1 is 1.09 bits per heavy atom. The van der Waals surface area contributed by atoms with Gasteiger partial charge in [0, 0.05) is 16.8 Å². The highest BCUT2D eigenvalue weighted by molar-refractivity contribution is 7.16. The highest BCUT2D eigenvalue weighted by Gasteiger charge is 2.33. The lowest BCUT2D eigenvalue weighted by atomic mass is 9.72. The van der Waals surface area contributed by atoms with E-state index in [0.717, 1.165) is 41.1 Å². The number of para-hydroxylation sites is 1. The maximum atomic E-state index is 13.4. The van der Waals surface area contributed by atoms with Crippen LogP contribution in [0.25, 0.3) is 0 Å². The molecule has 1 aromatic heterocycles. The van der Waals surface area contributed by atoms with Gasteiger partial charge in [-0.15, -0.1) is 11.3 Å². The summed E-state index contributed by atoms with van der Waals surface area (Å²) in [6, 6.07) is 15.3. The molecule has 0 spiro atoms. The molecule has 1 unspecified atom stereocenters. The molecule has 178 valence electrons. The van der Waals surface area contributed by atoms with Crippen LogP contribution >= 0.6 is 11.3 Å². The molecule has 0 radical (unpaired) electrons. The fourth-order valence-electron chi connectivity index (χ4n) is 4.42. The Balaban J connectivity index is 1.70. The van der Waals surface area contributed by atoms with Crippen molar-refractivity contribution in [3.63, 3.8) is 0 Å². The van der Waals surface area contributed by atoms with Gasteiger partial charge >= 0.3 is 0 Å². The fourth-order valence-corrected chi connectivity index (χ4v) is 5.69. The van der Waals surface area contributed by atoms with Crippen molar-refractivity contribution in [3.05, 3.63) is 70.1 Å². The number of fused-ring (bicyclic) bond motifs is 1. The standard InChI is InChI=1S/C28H32N2O3S/c1-28(2,3)19-12-13-21-24(16-19)34-27(25(21)26(31)30-20-9-7-6-8-10-20)29-17-18-11-14-22(32-4)23(15-18)33-5/h6-11,14-15,17,19H,12-13,16H2,1-5H3,(H,30,31)/b29-17+. The summed E-state index contributed by atoms with van der Waals surface area (Å²) in [5.41, 5.74) is 3.75. The minimum atomic E-state index is -0.0997. The summed E-state index contributed by atoms with van der Waals surface area (Å²) < 4.78 is 10.8. The van der Waals surface area contributed by atoms with Gasteiger partial charge in [-0.05, 0) is 72.1 Å². The molecule has 1 atom stereocenters. The number of methoxy groups -OCH3 is 2. The van der Waals surface area contributed by atoms with Crippen molar-refractivity contribution in [2.45, 2.75) is 40.0 Å². The number of benzene rings is 2. The quantitative estimate of drug-likeness (QED) is 0.393. The van der Waals surface area contributed by atoms with E-state index in [0.29, 0.717) is 23.0 Å². The number of carbonyl (C=O) groups is 1. The molecule has 1 heterocycles. The number of nitrogens with one attached hydrogen (secondary N) is 1. The summed E-state index contributed by atoms with van der Waals surface area (Å²) >= 11 is 1.64. The molecule has 0 bridgehead atoms. The van der Waals surface area contributed by atoms with Gasteiger partial charge in [0.1, 0.15) is 5.00 Å². The smallest absolute Gasteiger partial charge is 0.259 e. The van der Waals surface area contributed by atoms with Gasteiger partial charge in [0.05, 0.1) is 19.8 Å². The van der Waals surface area contributed by atoms with Crippen LogP contribution in [0.15, 0.2) is 53.5 Å². The van der Waals surface area contributed by atoms with Crippen LogP contribution in [0.2, 0.25) is 0 Å². The van der Waals surface area contributed by atoms with E-state index >= 15 is 0 Å². The van der Waals surface area contributed by atoms with Gasteiger partial charge < -0.3 is 14.8 Å². The van der Waals surface area contributed by atoms with Crippen molar-refractivity contribution in [2.24, 2.45) is 16.3 Å². The Morgan fingerprint density at radius 3 is 2.50 bits per heavy atom. The zero-order valence-corrected chi connectivity index (χ0v) is 21.3. The predicted molar refractivity (Wildman–Crippen MR) is 140 cm³/mol. The zero-order valence-electron chi connectivity index (χ0n) is 20.5. The molecular weight excluding hydrogens is 444 g/mol. The van der Waals surface area contributed by atoms with Crippen LogP contribution in [0.3, 0.4) is 0 Å². The predicted octanol–water partition coefficient (Wildman–Crippen LogP) is 6.92. The lowest BCUT2D eigenvalue weighted by Gasteiger charge is -2.33. The third-order valence-corrected chi connectivity index (χ3v) is 7.63. The van der Waals surface area contributed by atoms with E-state index in [2.05, 4.69) is 26.1 Å². The maximum Gasteiger partial charge on any atom is 0.259 e. The van der Waals surface area contributed by atoms with E-state index in [1.165, 1.54) is 4.88 Å². The molecule has 2 aromatic carbocycles. The number of nitrogens with zero attached hydrogens (tertiary/aromatic N) is 1. The SMILES string of the molecule is COc1ccc(/C=N/c2sc3c(c2C(=O)Nc2ccccc2)CCC(C(C)(C)C)C3)cc1OC. The number of anilines is 1. The van der Waals surface area contributed by atoms with E-state index in [-0.39, 0.29) is 11.3 Å². The Kier molecular flexibility index (Phi) is 7.08. The van der Waals surface area contributed by atoms with Crippen LogP contribution in [-0.4, -0.2) is 26.3 Å². The highest BCUT2D eigenvalue weighted by Crippen LogP contribution is 2.45. The topological polar surface area (TPSA) is 59.9 Å². The van der Waals surface area contributed by atoms with Gasteiger partial charge in [-0.2, -0.15) is 0 Å². The monoisotopic (exact) mass is 476 g/mol. The molecule has 1 amide bonds. The van der Waals surface area contributed by atoms with Crippen LogP contribution in [0, 0.1) is 11.3 Å². The first-order valence-electron chi connectivity index (χ1n) is 11.6. The van der Waals surface area contributed by atoms with Gasteiger partial charge in [-0.3, -0.25) is 4.79 Å². The molecular formula is C28H32N2O3S. The number of thiophene rings is 1. The minimum absolute atomic E-state index is 0.0997. The zero-order chi connectivity index (χ0) is 24.3. The largest absolute Gasteiger partial charge is 0.493 e. The summed E-state index contributed by atoms with van der Waals surface area (Å²) in [6.45, 7) is 6.90. The molecule has 0 aliphatic heterocycles. The molecule has 0 fully saturated rings. The molecule has 0 saturated carbocycles. The van der Waals surface area contributed by atoms with Gasteiger partial charge in [-0.25, -0.2) is 4.99 Å². The van der Waals surface area contributed by atoms with Crippen LogP contribution in [-0.2, 0) is 12.8 Å². The number of hydrogen-bond acceptors (Lipinski definition) is 5. The second-order valence-corrected chi connectivity index (χ2v) is 10.8. The number of rotatable bonds is 6. The van der Waals surface area contributed by atoms with Crippen LogP contribution in [0.4, 0.5) is 10.7 Å². The van der Waals surface area contributed by atoms with E-state index in [1.54, 1.807) is 31.8 Å². The normalized spacial score (nSPS) is 15.7. The van der Waals surface area contributed by atoms with Gasteiger partial charge in [0.15, 0.2) is 11.5 Å². The van der Waals surface area contributed by atoms with Crippen molar-refractivity contribution in [1.29, 1.82) is 0 Å². The number of ether oxygens (including phenoxy) is 2. The van der Waals surface area contributed by atoms with Crippen LogP contribution in [0.1, 0.15) is 53.6 Å². The Bertz CT molecular complexity index is 1190. The summed E-state index contributed by atoms with van der Waals surface area (Å²) in [5, 5.41) is 3.82. The van der Waals surface area contributed by atoms with Crippen molar-refractivity contribution in [2.75, 3.05) is 19.5 Å². The van der Waals surface area contributed by atoms with Gasteiger partial charge in [0.25, 0.3) is 5.91 Å². The van der Waals surface area contributed by atoms with Crippen LogP contribution < -0.4 is 14.8 Å². The minimum Gasteiger partial charge on any atom is -0.493 e. The van der Waals surface area contributed by atoms with Gasteiger partial charge in [-0.1, -0.05) is 39.0 Å². The molecule has 6 heteroatoms. The first-order chi connectivity index (χ1) is 16.3. The molecule has 4 rings (SSSR count). The number of hydrogen-bond donors (Lipinski definition) is 1. The summed E-state index contributed by atoms with van der Waals surface area (Å²) in [6.07, 6.45) is 4.76. The molecule has 34 heavy (non-hydrogen) atoms. The molecule has 1 aliphatic rings. The van der Waals surface area contributed by atoms with E-state index < -0.39 is 0 Å². The Hall–Kier alpha value is -3.12. The summed E-state index contributed by atoms with van der Waals surface area (Å²) in [4.78, 5) is 19.5. The molecule has 1 aliphatic carbocycles. The molecule has 0 saturated heterocycles. The van der Waals surface area contributed by atoms with Gasteiger partial charge in [0.2, 0.25) is 0 Å². The molecule has 5 nitrogen and oxygen atoms in total. The average molecular weight is 477 g/mol. The van der Waals surface area contributed by atoms with Crippen molar-refractivity contribution >= 4 is 34.1 Å². The number of aliphatic imine (C=N–C) groups is 1. The summed E-state index contributed by atoms with van der Waals surface area (Å²) in [5.74, 6) is 1.80. The van der Waals surface area contributed by atoms with Crippen molar-refractivity contribution in [1.82, 2.24) is 0 Å². The lowest BCUT2D eigenvalue weighted by Crippen LogP contribution is -2.27. The highest BCUT2D eigenvalue weighted by atomic mass is 32.1. The number of carbonyl (C=O) groups excluding carboxylic acids is 1. The third kappa shape index (κ3) is 5.17. The first-order valence-corrected chi connectivity index (χ1v) is 12.4. The maximum absolute atomic E-state index is 13.4. The van der Waals surface area contributed by atoms with E-state index in [1.807, 2.05) is 48.5 Å². The molecule has 1 N–H and O–H groups in total. The fraction of sp³-hybridized carbons (Fsp3) is 0.357. The van der Waals surface area contributed by atoms with Crippen molar-refractivity contribution < 1.29 is 14.3 Å². The van der Waals surface area contributed by atoms with Crippen LogP contribution in [0.5, 0.6) is 11.5 Å². The average Bonchev–Trinajstić information content (AvgIpc) is 3.20. The third-order valence-electron chi connectivity index (χ3n) is 6.47. The van der Waals surface area contributed by atoms with E-state index in [9.17, 15) is 4.79 Å². The first kappa shape index (κ1) is 24.0. The van der Waals surface area contributed by atoms with Crippen molar-refractivity contribution in [3.8, 4) is 11.5 Å². The Morgan fingerprint density at radius 2 is 1.82 bits per heavy atom. The number of amides is 1. The molecule has 3 aromatic rings. The lowest BCUT2D eigenvalue weighted by molar-refractivity contribution is 0.102. The summed E-state index contributed by atoms with van der Waals surface area (Å²) in [7, 11) is 3.23. The second-order valence-electron chi connectivity index (χ2n) is 9.68. The van der Waals surface area contributed by atoms with E-state index in [4.69, 9.17) is 14.5 Å².